The Morgan fingerprint density at radius 2 is 1.95 bits per heavy atom. The van der Waals surface area contributed by atoms with Gasteiger partial charge in [0.1, 0.15) is 5.75 Å². The first kappa shape index (κ1) is 15.5. The van der Waals surface area contributed by atoms with Crippen LogP contribution < -0.4 is 4.74 Å². The van der Waals surface area contributed by atoms with Crippen molar-refractivity contribution in [3.05, 3.63) is 58.9 Å². The summed E-state index contributed by atoms with van der Waals surface area (Å²) in [6.45, 7) is 6.59. The molecule has 0 saturated carbocycles. The molecular weight excluding hydrogens is 258 g/mol. The minimum absolute atomic E-state index is 0.583. The average Bonchev–Trinajstić information content (AvgIpc) is 2.45. The quantitative estimate of drug-likeness (QED) is 0.809. The molecule has 2 rings (SSSR count). The first-order valence-corrected chi connectivity index (χ1v) is 6.92. The summed E-state index contributed by atoms with van der Waals surface area (Å²) in [5, 5.41) is 0.658. The Morgan fingerprint density at radius 1 is 1.16 bits per heavy atom. The Hall–Kier alpha value is -1.54. The van der Waals surface area contributed by atoms with Crippen LogP contribution in [0, 0.1) is 6.92 Å². The number of benzene rings is 1. The highest BCUT2D eigenvalue weighted by Crippen LogP contribution is 2.25. The molecule has 19 heavy (non-hydrogen) atoms. The van der Waals surface area contributed by atoms with Gasteiger partial charge in [-0.25, -0.2) is 0 Å². The molecule has 1 heterocycles. The van der Waals surface area contributed by atoms with Gasteiger partial charge >= 0.3 is 0 Å². The van der Waals surface area contributed by atoms with E-state index in [2.05, 4.69) is 4.98 Å². The normalized spacial score (nSPS) is 9.47. The van der Waals surface area contributed by atoms with Gasteiger partial charge in [-0.05, 0) is 36.8 Å². The van der Waals surface area contributed by atoms with Gasteiger partial charge in [0, 0.05) is 18.3 Å². The van der Waals surface area contributed by atoms with E-state index in [0.717, 1.165) is 23.4 Å². The molecule has 0 fully saturated rings. The smallest absolute Gasteiger partial charge is 0.137 e. The van der Waals surface area contributed by atoms with Crippen LogP contribution in [0.3, 0.4) is 0 Å². The fourth-order valence-corrected chi connectivity index (χ4v) is 1.82. The van der Waals surface area contributed by atoms with Crippen molar-refractivity contribution in [3.8, 4) is 5.75 Å². The Morgan fingerprint density at radius 3 is 2.58 bits per heavy atom. The molecule has 0 unspecified atom stereocenters. The summed E-state index contributed by atoms with van der Waals surface area (Å²) in [5.74, 6) is 0.730. The van der Waals surface area contributed by atoms with Crippen LogP contribution in [0.4, 0.5) is 0 Å². The highest BCUT2D eigenvalue weighted by molar-refractivity contribution is 6.32. The lowest BCUT2D eigenvalue weighted by Crippen LogP contribution is -2.03. The van der Waals surface area contributed by atoms with E-state index in [1.54, 1.807) is 6.20 Å². The van der Waals surface area contributed by atoms with E-state index in [0.29, 0.717) is 11.6 Å². The van der Waals surface area contributed by atoms with Gasteiger partial charge in [-0.1, -0.05) is 37.6 Å². The molecule has 2 aromatic rings. The molecule has 0 aliphatic heterocycles. The maximum atomic E-state index is 6.07. The first-order chi connectivity index (χ1) is 9.25. The van der Waals surface area contributed by atoms with Crippen LogP contribution in [0.15, 0.2) is 42.6 Å². The summed E-state index contributed by atoms with van der Waals surface area (Å²) in [6, 6.07) is 11.7. The van der Waals surface area contributed by atoms with Crippen molar-refractivity contribution in [2.75, 3.05) is 6.61 Å². The Balaban J connectivity index is 0.000000861. The summed E-state index contributed by atoms with van der Waals surface area (Å²) in [4.78, 5) is 4.23. The summed E-state index contributed by atoms with van der Waals surface area (Å²) in [7, 11) is 0. The van der Waals surface area contributed by atoms with Crippen molar-refractivity contribution in [2.45, 2.75) is 27.2 Å². The van der Waals surface area contributed by atoms with E-state index in [1.807, 2.05) is 57.2 Å². The number of hydrogen-bond donors (Lipinski definition) is 0. The molecule has 102 valence electrons. The monoisotopic (exact) mass is 277 g/mol. The largest absolute Gasteiger partial charge is 0.492 e. The molecule has 0 amide bonds. The molecule has 0 atom stereocenters. The predicted octanol–water partition coefficient (Wildman–Crippen LogP) is 4.69. The summed E-state index contributed by atoms with van der Waals surface area (Å²) in [6.07, 6.45) is 2.57. The van der Waals surface area contributed by atoms with E-state index >= 15 is 0 Å². The second-order valence-electron chi connectivity index (χ2n) is 3.85. The van der Waals surface area contributed by atoms with Gasteiger partial charge < -0.3 is 4.74 Å². The number of aromatic nitrogens is 1. The number of ether oxygens (including phenoxy) is 1. The van der Waals surface area contributed by atoms with Crippen LogP contribution in [0.25, 0.3) is 0 Å². The standard InChI is InChI=1S/C14H14ClNO.C2H6/c1-11-5-6-14(13(15)10-11)17-9-7-12-4-2-3-8-16-12;1-2/h2-6,8,10H,7,9H2,1H3;1-2H3. The summed E-state index contributed by atoms with van der Waals surface area (Å²) < 4.78 is 5.62. The van der Waals surface area contributed by atoms with Crippen LogP contribution >= 0.6 is 11.6 Å². The van der Waals surface area contributed by atoms with Crippen molar-refractivity contribution < 1.29 is 4.74 Å². The number of hydrogen-bond acceptors (Lipinski definition) is 2. The van der Waals surface area contributed by atoms with Gasteiger partial charge in [0.2, 0.25) is 0 Å². The molecule has 0 spiro atoms. The molecular formula is C16H20ClNO. The molecule has 0 aliphatic carbocycles. The number of nitrogens with zero attached hydrogens (tertiary/aromatic N) is 1. The fourth-order valence-electron chi connectivity index (χ4n) is 1.53. The lowest BCUT2D eigenvalue weighted by atomic mass is 10.2. The lowest BCUT2D eigenvalue weighted by molar-refractivity contribution is 0.320. The maximum absolute atomic E-state index is 6.07. The summed E-state index contributed by atoms with van der Waals surface area (Å²) in [5.41, 5.74) is 2.16. The highest BCUT2D eigenvalue weighted by Gasteiger charge is 2.01. The van der Waals surface area contributed by atoms with Gasteiger partial charge in [0.25, 0.3) is 0 Å². The van der Waals surface area contributed by atoms with Crippen LogP contribution in [0.5, 0.6) is 5.75 Å². The minimum Gasteiger partial charge on any atom is -0.492 e. The van der Waals surface area contributed by atoms with Crippen molar-refractivity contribution in [1.29, 1.82) is 0 Å². The minimum atomic E-state index is 0.583. The lowest BCUT2D eigenvalue weighted by Gasteiger charge is -2.08. The maximum Gasteiger partial charge on any atom is 0.137 e. The van der Waals surface area contributed by atoms with Crippen LogP contribution in [-0.2, 0) is 6.42 Å². The van der Waals surface area contributed by atoms with Crippen LogP contribution in [-0.4, -0.2) is 11.6 Å². The first-order valence-electron chi connectivity index (χ1n) is 6.54. The Labute approximate surface area is 120 Å². The molecule has 0 N–H and O–H groups in total. The van der Waals surface area contributed by atoms with Gasteiger partial charge in [-0.3, -0.25) is 4.98 Å². The third-order valence-corrected chi connectivity index (χ3v) is 2.72. The Kier molecular flexibility index (Phi) is 6.98. The average molecular weight is 278 g/mol. The van der Waals surface area contributed by atoms with E-state index in [4.69, 9.17) is 16.3 Å². The number of rotatable bonds is 4. The second-order valence-corrected chi connectivity index (χ2v) is 4.26. The molecule has 0 saturated heterocycles. The van der Waals surface area contributed by atoms with Gasteiger partial charge in [-0.2, -0.15) is 0 Å². The summed E-state index contributed by atoms with van der Waals surface area (Å²) >= 11 is 6.07. The van der Waals surface area contributed by atoms with Gasteiger partial charge in [-0.15, -0.1) is 0 Å². The third-order valence-electron chi connectivity index (χ3n) is 2.43. The van der Waals surface area contributed by atoms with Crippen molar-refractivity contribution >= 4 is 11.6 Å². The molecule has 3 heteroatoms. The van der Waals surface area contributed by atoms with Crippen molar-refractivity contribution in [3.63, 3.8) is 0 Å². The Bertz CT molecular complexity index is 485. The number of aryl methyl sites for hydroxylation is 1. The van der Waals surface area contributed by atoms with Crippen molar-refractivity contribution in [2.24, 2.45) is 0 Å². The fraction of sp³-hybridized carbons (Fsp3) is 0.312. The van der Waals surface area contributed by atoms with Gasteiger partial charge in [0.15, 0.2) is 0 Å². The van der Waals surface area contributed by atoms with E-state index in [1.165, 1.54) is 0 Å². The number of halogens is 1. The van der Waals surface area contributed by atoms with Gasteiger partial charge in [0.05, 0.1) is 11.6 Å². The molecule has 2 nitrogen and oxygen atoms in total. The van der Waals surface area contributed by atoms with E-state index in [-0.39, 0.29) is 0 Å². The van der Waals surface area contributed by atoms with Crippen LogP contribution in [0.1, 0.15) is 25.1 Å². The number of pyridine rings is 1. The predicted molar refractivity (Wildman–Crippen MR) is 81.0 cm³/mol. The second kappa shape index (κ2) is 8.54. The molecule has 0 bridgehead atoms. The zero-order valence-electron chi connectivity index (χ0n) is 11.7. The van der Waals surface area contributed by atoms with Crippen molar-refractivity contribution in [1.82, 2.24) is 4.98 Å². The molecule has 1 aromatic heterocycles. The zero-order chi connectivity index (χ0) is 14.1. The van der Waals surface area contributed by atoms with E-state index in [9.17, 15) is 0 Å². The third kappa shape index (κ3) is 5.31. The highest BCUT2D eigenvalue weighted by atomic mass is 35.5. The zero-order valence-corrected chi connectivity index (χ0v) is 12.4. The topological polar surface area (TPSA) is 22.1 Å². The molecule has 0 aliphatic rings. The van der Waals surface area contributed by atoms with E-state index < -0.39 is 0 Å². The molecule has 0 radical (unpaired) electrons. The SMILES string of the molecule is CC.Cc1ccc(OCCc2ccccn2)c(Cl)c1. The molecule has 1 aromatic carbocycles. The van der Waals surface area contributed by atoms with Crippen LogP contribution in [0.2, 0.25) is 5.02 Å².